The lowest BCUT2D eigenvalue weighted by Crippen LogP contribution is -2.65. The molecule has 1 N–H and O–H groups in total. The molecule has 1 aliphatic carbocycles. The lowest BCUT2D eigenvalue weighted by atomic mass is 9.89. The van der Waals surface area contributed by atoms with Crippen LogP contribution in [-0.4, -0.2) is 47.6 Å². The molecule has 1 aliphatic heterocycles. The largest absolute Gasteiger partial charge is 0.308 e. The molecule has 0 aromatic rings. The third-order valence-corrected chi connectivity index (χ3v) is 5.84. The Balaban J connectivity index is 2.03. The first kappa shape index (κ1) is 14.7. The summed E-state index contributed by atoms with van der Waals surface area (Å²) in [6.07, 6.45) is 7.86. The van der Waals surface area contributed by atoms with Crippen molar-refractivity contribution < 1.29 is 0 Å². The van der Waals surface area contributed by atoms with E-state index in [0.29, 0.717) is 5.54 Å². The lowest BCUT2D eigenvalue weighted by Gasteiger charge is -2.48. The van der Waals surface area contributed by atoms with Crippen LogP contribution in [0, 0.1) is 5.92 Å². The molecular formula is C15H30N2S. The number of piperazine rings is 1. The van der Waals surface area contributed by atoms with Crippen molar-refractivity contribution in [1.82, 2.24) is 10.2 Å². The van der Waals surface area contributed by atoms with Crippen molar-refractivity contribution in [3.05, 3.63) is 0 Å². The smallest absolute Gasteiger partial charge is 0.0309 e. The van der Waals surface area contributed by atoms with E-state index in [4.69, 9.17) is 0 Å². The number of hydrogen-bond donors (Lipinski definition) is 1. The Kier molecular flexibility index (Phi) is 5.01. The first-order chi connectivity index (χ1) is 8.56. The maximum absolute atomic E-state index is 3.90. The summed E-state index contributed by atoms with van der Waals surface area (Å²) in [6, 6.07) is 0.728. The van der Waals surface area contributed by atoms with E-state index >= 15 is 0 Å². The molecule has 0 aromatic carbocycles. The van der Waals surface area contributed by atoms with Crippen LogP contribution in [0.2, 0.25) is 0 Å². The van der Waals surface area contributed by atoms with E-state index in [9.17, 15) is 0 Å². The van der Waals surface area contributed by atoms with Crippen LogP contribution in [0.5, 0.6) is 0 Å². The number of thioether (sulfide) groups is 1. The molecule has 18 heavy (non-hydrogen) atoms. The normalized spacial score (nSPS) is 30.2. The highest BCUT2D eigenvalue weighted by Crippen LogP contribution is 2.34. The van der Waals surface area contributed by atoms with Gasteiger partial charge in [0.15, 0.2) is 0 Å². The van der Waals surface area contributed by atoms with Gasteiger partial charge in [0, 0.05) is 36.5 Å². The highest BCUT2D eigenvalue weighted by Gasteiger charge is 2.41. The van der Waals surface area contributed by atoms with Gasteiger partial charge in [-0.25, -0.2) is 0 Å². The van der Waals surface area contributed by atoms with Gasteiger partial charge < -0.3 is 5.32 Å². The van der Waals surface area contributed by atoms with E-state index in [0.717, 1.165) is 17.2 Å². The molecule has 2 aliphatic rings. The van der Waals surface area contributed by atoms with Crippen molar-refractivity contribution in [2.45, 2.75) is 63.3 Å². The third kappa shape index (κ3) is 3.23. The van der Waals surface area contributed by atoms with Crippen LogP contribution < -0.4 is 5.32 Å². The Labute approximate surface area is 117 Å². The Morgan fingerprint density at radius 1 is 1.28 bits per heavy atom. The summed E-state index contributed by atoms with van der Waals surface area (Å²) in [5.74, 6) is 0.755. The van der Waals surface area contributed by atoms with E-state index in [1.54, 1.807) is 0 Å². The minimum absolute atomic E-state index is 0.462. The second-order valence-corrected chi connectivity index (χ2v) is 7.93. The highest BCUT2D eigenvalue weighted by atomic mass is 32.2. The average molecular weight is 270 g/mol. The zero-order valence-electron chi connectivity index (χ0n) is 12.5. The maximum Gasteiger partial charge on any atom is 0.0309 e. The molecule has 1 heterocycles. The minimum Gasteiger partial charge on any atom is -0.308 e. The van der Waals surface area contributed by atoms with Gasteiger partial charge in [-0.05, 0) is 25.0 Å². The van der Waals surface area contributed by atoms with Gasteiger partial charge in [-0.15, -0.1) is 0 Å². The van der Waals surface area contributed by atoms with Crippen LogP contribution in [0.15, 0.2) is 0 Å². The van der Waals surface area contributed by atoms with Crippen LogP contribution in [0.3, 0.4) is 0 Å². The molecule has 1 saturated heterocycles. The first-order valence-corrected chi connectivity index (χ1v) is 8.87. The summed E-state index contributed by atoms with van der Waals surface area (Å²) in [6.45, 7) is 10.8. The van der Waals surface area contributed by atoms with Crippen LogP contribution in [0.25, 0.3) is 0 Å². The maximum atomic E-state index is 3.90. The van der Waals surface area contributed by atoms with E-state index in [2.05, 4.69) is 37.2 Å². The predicted octanol–water partition coefficient (Wildman–Crippen LogP) is 2.98. The van der Waals surface area contributed by atoms with Crippen molar-refractivity contribution in [1.29, 1.82) is 0 Å². The van der Waals surface area contributed by atoms with Crippen LogP contribution >= 0.6 is 11.8 Å². The summed E-state index contributed by atoms with van der Waals surface area (Å²) in [5.41, 5.74) is 0.462. The molecule has 2 fully saturated rings. The fourth-order valence-corrected chi connectivity index (χ4v) is 4.00. The molecule has 0 radical (unpaired) electrons. The fraction of sp³-hybridized carbons (Fsp3) is 1.00. The fourth-order valence-electron chi connectivity index (χ4n) is 3.66. The second-order valence-electron chi connectivity index (χ2n) is 6.66. The van der Waals surface area contributed by atoms with Crippen molar-refractivity contribution in [3.8, 4) is 0 Å². The van der Waals surface area contributed by atoms with Crippen molar-refractivity contribution in [2.24, 2.45) is 5.92 Å². The van der Waals surface area contributed by atoms with E-state index < -0.39 is 0 Å². The molecule has 0 amide bonds. The van der Waals surface area contributed by atoms with Gasteiger partial charge in [-0.2, -0.15) is 11.8 Å². The molecule has 2 unspecified atom stereocenters. The SMILES string of the molecule is CSC(C)CN1CC2(CCCC2)NCC1C(C)C. The average Bonchev–Trinajstić information content (AvgIpc) is 2.77. The molecule has 2 atom stereocenters. The molecule has 1 saturated carbocycles. The minimum atomic E-state index is 0.462. The highest BCUT2D eigenvalue weighted by molar-refractivity contribution is 7.99. The summed E-state index contributed by atoms with van der Waals surface area (Å²) in [7, 11) is 0. The Hall–Kier alpha value is 0.270. The lowest BCUT2D eigenvalue weighted by molar-refractivity contribution is 0.0584. The van der Waals surface area contributed by atoms with Crippen LogP contribution in [-0.2, 0) is 0 Å². The number of rotatable bonds is 4. The third-order valence-electron chi connectivity index (χ3n) is 4.89. The monoisotopic (exact) mass is 270 g/mol. The van der Waals surface area contributed by atoms with Gasteiger partial charge in [0.2, 0.25) is 0 Å². The van der Waals surface area contributed by atoms with Crippen molar-refractivity contribution in [2.75, 3.05) is 25.9 Å². The molecule has 3 heteroatoms. The van der Waals surface area contributed by atoms with Crippen LogP contribution in [0.1, 0.15) is 46.5 Å². The molecule has 106 valence electrons. The summed E-state index contributed by atoms with van der Waals surface area (Å²) in [4.78, 5) is 2.79. The Morgan fingerprint density at radius 2 is 1.94 bits per heavy atom. The quantitative estimate of drug-likeness (QED) is 0.845. The summed E-state index contributed by atoms with van der Waals surface area (Å²) >= 11 is 2.00. The van der Waals surface area contributed by atoms with Gasteiger partial charge in [-0.3, -0.25) is 4.90 Å². The zero-order chi connectivity index (χ0) is 13.2. The second kappa shape index (κ2) is 6.15. The summed E-state index contributed by atoms with van der Waals surface area (Å²) < 4.78 is 0. The molecular weight excluding hydrogens is 240 g/mol. The van der Waals surface area contributed by atoms with Crippen LogP contribution in [0.4, 0.5) is 0 Å². The molecule has 2 nitrogen and oxygen atoms in total. The van der Waals surface area contributed by atoms with E-state index in [-0.39, 0.29) is 0 Å². The van der Waals surface area contributed by atoms with Crippen molar-refractivity contribution in [3.63, 3.8) is 0 Å². The molecule has 0 bridgehead atoms. The van der Waals surface area contributed by atoms with Gasteiger partial charge in [0.05, 0.1) is 0 Å². The number of hydrogen-bond acceptors (Lipinski definition) is 3. The van der Waals surface area contributed by atoms with Gasteiger partial charge in [0.25, 0.3) is 0 Å². The molecule has 0 aromatic heterocycles. The standard InChI is InChI=1S/C15H30N2S/c1-12(2)14-9-16-15(7-5-6-8-15)11-17(14)10-13(3)18-4/h12-14,16H,5-11H2,1-4H3. The van der Waals surface area contributed by atoms with Gasteiger partial charge in [0.1, 0.15) is 0 Å². The van der Waals surface area contributed by atoms with Gasteiger partial charge in [-0.1, -0.05) is 33.6 Å². The number of nitrogens with one attached hydrogen (secondary N) is 1. The first-order valence-electron chi connectivity index (χ1n) is 7.58. The van der Waals surface area contributed by atoms with Gasteiger partial charge >= 0.3 is 0 Å². The molecule has 1 spiro atoms. The van der Waals surface area contributed by atoms with E-state index in [1.165, 1.54) is 45.3 Å². The summed E-state index contributed by atoms with van der Waals surface area (Å²) in [5, 5.41) is 4.65. The predicted molar refractivity (Wildman–Crippen MR) is 82.4 cm³/mol. The number of nitrogens with zero attached hydrogens (tertiary/aromatic N) is 1. The zero-order valence-corrected chi connectivity index (χ0v) is 13.4. The Bertz CT molecular complexity index is 261. The topological polar surface area (TPSA) is 15.3 Å². The molecule has 2 rings (SSSR count). The van der Waals surface area contributed by atoms with E-state index in [1.807, 2.05) is 11.8 Å². The van der Waals surface area contributed by atoms with Crippen molar-refractivity contribution >= 4 is 11.8 Å². The Morgan fingerprint density at radius 3 is 2.50 bits per heavy atom.